The number of Topliss-reactive ketones (excluding diaryl/α,β-unsaturated/α-hetero) is 1. The zero-order chi connectivity index (χ0) is 25.3. The number of ketones is 1. The van der Waals surface area contributed by atoms with Crippen molar-refractivity contribution in [2.45, 2.75) is 32.9 Å². The molecule has 0 atom stereocenters. The Kier molecular flexibility index (Phi) is 6.79. The van der Waals surface area contributed by atoms with Gasteiger partial charge in [-0.15, -0.1) is 0 Å². The highest BCUT2D eigenvalue weighted by molar-refractivity contribution is 6.31. The number of hydrogen-bond acceptors (Lipinski definition) is 4. The van der Waals surface area contributed by atoms with E-state index in [4.69, 9.17) is 11.6 Å². The fourth-order valence-corrected chi connectivity index (χ4v) is 4.25. The van der Waals surface area contributed by atoms with Crippen LogP contribution in [0.15, 0.2) is 59.4 Å². The van der Waals surface area contributed by atoms with Crippen LogP contribution in [0, 0.1) is 0 Å². The van der Waals surface area contributed by atoms with Crippen LogP contribution in [-0.2, 0) is 13.1 Å². The third-order valence-corrected chi connectivity index (χ3v) is 5.80. The van der Waals surface area contributed by atoms with Gasteiger partial charge in [-0.1, -0.05) is 48.9 Å². The number of carboxylic acid groups (broad SMARTS) is 1. The van der Waals surface area contributed by atoms with Gasteiger partial charge in [0.2, 0.25) is 0 Å². The molecule has 35 heavy (non-hydrogen) atoms. The number of nitrogens with zero attached hydrogens (tertiary/aromatic N) is 3. The van der Waals surface area contributed by atoms with E-state index in [1.165, 1.54) is 4.57 Å². The minimum absolute atomic E-state index is 0.0580. The molecule has 0 aliphatic carbocycles. The van der Waals surface area contributed by atoms with Gasteiger partial charge in [-0.3, -0.25) is 18.8 Å². The largest absolute Gasteiger partial charge is 0.477 e. The number of rotatable bonds is 8. The zero-order valence-corrected chi connectivity index (χ0v) is 19.3. The molecule has 2 heterocycles. The van der Waals surface area contributed by atoms with Gasteiger partial charge in [-0.05, 0) is 35.2 Å². The van der Waals surface area contributed by atoms with E-state index in [2.05, 4.69) is 5.10 Å². The molecule has 0 aliphatic rings. The second-order valence-corrected chi connectivity index (χ2v) is 8.28. The number of carboxylic acids is 1. The van der Waals surface area contributed by atoms with Gasteiger partial charge in [0, 0.05) is 22.4 Å². The smallest absolute Gasteiger partial charge is 0.354 e. The van der Waals surface area contributed by atoms with E-state index < -0.39 is 30.2 Å². The first-order valence-electron chi connectivity index (χ1n) is 10.7. The Hall–Kier alpha value is -3.85. The first kappa shape index (κ1) is 24.3. The van der Waals surface area contributed by atoms with Crippen LogP contribution in [0.2, 0.25) is 5.02 Å². The topological polar surface area (TPSA) is 94.2 Å². The Morgan fingerprint density at radius 2 is 1.80 bits per heavy atom. The van der Waals surface area contributed by atoms with Gasteiger partial charge < -0.3 is 5.11 Å². The highest BCUT2D eigenvalue weighted by atomic mass is 35.5. The fraction of sp³-hybridized carbons (Fsp3) is 0.200. The molecule has 10 heteroatoms. The van der Waals surface area contributed by atoms with Crippen molar-refractivity contribution in [3.05, 3.63) is 87.1 Å². The number of carbonyl (C=O) groups is 2. The molecular formula is C25H20ClF2N3O4. The Morgan fingerprint density at radius 1 is 1.09 bits per heavy atom. The summed E-state index contributed by atoms with van der Waals surface area (Å²) >= 11 is 6.23. The highest BCUT2D eigenvalue weighted by Gasteiger charge is 2.24. The molecule has 0 saturated heterocycles. The summed E-state index contributed by atoms with van der Waals surface area (Å²) < 4.78 is 27.8. The zero-order valence-electron chi connectivity index (χ0n) is 18.5. The summed E-state index contributed by atoms with van der Waals surface area (Å²) in [6.07, 6.45) is -2.73. The number of fused-ring (bicyclic) bond motifs is 1. The van der Waals surface area contributed by atoms with Crippen LogP contribution in [-0.4, -0.2) is 37.6 Å². The van der Waals surface area contributed by atoms with Crippen LogP contribution < -0.4 is 5.56 Å². The van der Waals surface area contributed by atoms with Crippen LogP contribution in [0.25, 0.3) is 21.9 Å². The second kappa shape index (κ2) is 9.79. The van der Waals surface area contributed by atoms with Crippen LogP contribution >= 0.6 is 11.6 Å². The molecule has 0 amide bonds. The van der Waals surface area contributed by atoms with Crippen molar-refractivity contribution >= 4 is 34.1 Å². The van der Waals surface area contributed by atoms with Gasteiger partial charge in [-0.25, -0.2) is 13.6 Å². The number of aromatic nitrogens is 3. The monoisotopic (exact) mass is 499 g/mol. The summed E-state index contributed by atoms with van der Waals surface area (Å²) in [7, 11) is 0. The lowest BCUT2D eigenvalue weighted by Crippen LogP contribution is -2.28. The number of hydrogen-bond donors (Lipinski definition) is 1. The number of aromatic carboxylic acids is 1. The van der Waals surface area contributed by atoms with Crippen molar-refractivity contribution in [1.82, 2.24) is 14.3 Å². The summed E-state index contributed by atoms with van der Waals surface area (Å²) in [5.41, 5.74) is 0.405. The second-order valence-electron chi connectivity index (χ2n) is 7.85. The quantitative estimate of drug-likeness (QED) is 0.339. The maximum atomic E-state index is 13.6. The van der Waals surface area contributed by atoms with Crippen molar-refractivity contribution in [1.29, 1.82) is 0 Å². The van der Waals surface area contributed by atoms with E-state index in [1.807, 2.05) is 6.07 Å². The van der Waals surface area contributed by atoms with Crippen molar-refractivity contribution in [2.75, 3.05) is 0 Å². The molecule has 4 rings (SSSR count). The van der Waals surface area contributed by atoms with Crippen LogP contribution in [0.4, 0.5) is 8.78 Å². The van der Waals surface area contributed by atoms with Crippen LogP contribution in [0.1, 0.15) is 40.0 Å². The Labute approximate surface area is 203 Å². The summed E-state index contributed by atoms with van der Waals surface area (Å²) in [6, 6.07) is 14.9. The third kappa shape index (κ3) is 4.72. The van der Waals surface area contributed by atoms with E-state index in [0.717, 1.165) is 6.07 Å². The van der Waals surface area contributed by atoms with Crippen LogP contribution in [0.3, 0.4) is 0 Å². The van der Waals surface area contributed by atoms with Crippen molar-refractivity contribution in [3.8, 4) is 11.1 Å². The molecule has 0 aliphatic heterocycles. The first-order valence-corrected chi connectivity index (χ1v) is 11.1. The molecule has 0 fully saturated rings. The Morgan fingerprint density at radius 3 is 2.43 bits per heavy atom. The molecule has 7 nitrogen and oxygen atoms in total. The van der Waals surface area contributed by atoms with Crippen molar-refractivity contribution in [2.24, 2.45) is 0 Å². The molecule has 4 aromatic rings. The number of alkyl halides is 2. The maximum Gasteiger partial charge on any atom is 0.354 e. The summed E-state index contributed by atoms with van der Waals surface area (Å²) in [4.78, 5) is 38.3. The van der Waals surface area contributed by atoms with Gasteiger partial charge in [-0.2, -0.15) is 5.10 Å². The fourth-order valence-electron chi connectivity index (χ4n) is 4.08. The molecule has 0 bridgehead atoms. The normalized spacial score (nSPS) is 11.3. The Balaban J connectivity index is 2.03. The predicted octanol–water partition coefficient (Wildman–Crippen LogP) is 5.12. The Bertz CT molecular complexity index is 1500. The van der Waals surface area contributed by atoms with Crippen molar-refractivity contribution in [3.63, 3.8) is 0 Å². The van der Waals surface area contributed by atoms with Gasteiger partial charge >= 0.3 is 5.97 Å². The van der Waals surface area contributed by atoms with Gasteiger partial charge in [0.15, 0.2) is 5.78 Å². The lowest BCUT2D eigenvalue weighted by Gasteiger charge is -2.19. The van der Waals surface area contributed by atoms with E-state index in [0.29, 0.717) is 31.6 Å². The molecule has 2 aromatic heterocycles. The highest BCUT2D eigenvalue weighted by Crippen LogP contribution is 2.33. The minimum Gasteiger partial charge on any atom is -0.477 e. The molecule has 2 aromatic carbocycles. The maximum absolute atomic E-state index is 13.6. The van der Waals surface area contributed by atoms with Crippen LogP contribution in [0.5, 0.6) is 0 Å². The molecule has 0 spiro atoms. The average Bonchev–Trinajstić information content (AvgIpc) is 3.22. The third-order valence-electron chi connectivity index (χ3n) is 5.56. The molecule has 180 valence electrons. The van der Waals surface area contributed by atoms with Gasteiger partial charge in [0.25, 0.3) is 12.0 Å². The molecule has 0 unspecified atom stereocenters. The van der Waals surface area contributed by atoms with Gasteiger partial charge in [0.05, 0.1) is 17.9 Å². The van der Waals surface area contributed by atoms with E-state index in [-0.39, 0.29) is 30.1 Å². The van der Waals surface area contributed by atoms with E-state index >= 15 is 0 Å². The summed E-state index contributed by atoms with van der Waals surface area (Å²) in [5.74, 6) is -1.76. The molecule has 0 saturated carbocycles. The molecular weight excluding hydrogens is 480 g/mol. The number of halogens is 3. The number of benzene rings is 2. The average molecular weight is 500 g/mol. The molecule has 0 radical (unpaired) electrons. The minimum atomic E-state index is -2.82. The lowest BCUT2D eigenvalue weighted by molar-refractivity contribution is 0.0671. The lowest BCUT2D eigenvalue weighted by atomic mass is 9.94. The number of carbonyl (C=O) groups excluding carboxylic acids is 1. The summed E-state index contributed by atoms with van der Waals surface area (Å²) in [6.45, 7) is 0.464. The predicted molar refractivity (Wildman–Crippen MR) is 128 cm³/mol. The van der Waals surface area contributed by atoms with E-state index in [1.54, 1.807) is 49.4 Å². The van der Waals surface area contributed by atoms with E-state index in [9.17, 15) is 28.3 Å². The van der Waals surface area contributed by atoms with Crippen molar-refractivity contribution < 1.29 is 23.5 Å². The molecule has 1 N–H and O–H groups in total. The number of pyridine rings is 1. The first-order chi connectivity index (χ1) is 16.7. The summed E-state index contributed by atoms with van der Waals surface area (Å²) in [5, 5.41) is 14.6. The SMILES string of the molecule is CCC(=O)c1c(-c2ccccc2)c2cc(Cl)ccc2c(=O)n1Cc1cc(C(=O)O)n(CC(F)F)n1. The van der Waals surface area contributed by atoms with Gasteiger partial charge in [0.1, 0.15) is 12.2 Å². The standard InChI is InChI=1S/C25H20ClF2N3O4/c1-2-20(32)23-22(14-6-4-3-5-7-14)18-10-15(26)8-9-17(18)24(33)30(23)12-16-11-19(25(34)35)31(29-16)13-21(27)28/h3-11,21H,2,12-13H2,1H3,(H,34,35).